The lowest BCUT2D eigenvalue weighted by Gasteiger charge is -2.34. The van der Waals surface area contributed by atoms with Crippen LogP contribution in [0.2, 0.25) is 0 Å². The topological polar surface area (TPSA) is 66.6 Å². The van der Waals surface area contributed by atoms with E-state index in [9.17, 15) is 9.59 Å². The van der Waals surface area contributed by atoms with E-state index in [1.807, 2.05) is 23.1 Å². The van der Waals surface area contributed by atoms with Crippen molar-refractivity contribution in [1.82, 2.24) is 4.90 Å². The van der Waals surface area contributed by atoms with Gasteiger partial charge in [0.05, 0.1) is 5.69 Å². The van der Waals surface area contributed by atoms with Crippen LogP contribution in [0, 0.1) is 0 Å². The summed E-state index contributed by atoms with van der Waals surface area (Å²) in [6.45, 7) is 0.950. The first-order valence-electron chi connectivity index (χ1n) is 6.63. The molecule has 0 spiro atoms. The van der Waals surface area contributed by atoms with Crippen LogP contribution in [0.15, 0.2) is 24.3 Å². The van der Waals surface area contributed by atoms with Gasteiger partial charge in [-0.25, -0.2) is 9.69 Å². The number of nitrogens with zero attached hydrogens (tertiary/aromatic N) is 2. The SMILES string of the molecule is NCc1cccc(N2C(=O)CCN(C3CC3)C2=O)c1. The molecule has 3 rings (SSSR count). The first kappa shape index (κ1) is 12.2. The Morgan fingerprint density at radius 3 is 2.74 bits per heavy atom. The number of hydrogen-bond acceptors (Lipinski definition) is 3. The van der Waals surface area contributed by atoms with E-state index < -0.39 is 0 Å². The molecule has 100 valence electrons. The average Bonchev–Trinajstić information content (AvgIpc) is 3.24. The molecule has 2 fully saturated rings. The fraction of sp³-hybridized carbons (Fsp3) is 0.429. The average molecular weight is 259 g/mol. The molecule has 3 amide bonds. The Kier molecular flexibility index (Phi) is 2.98. The van der Waals surface area contributed by atoms with Gasteiger partial charge in [0.1, 0.15) is 0 Å². The Balaban J connectivity index is 1.91. The summed E-state index contributed by atoms with van der Waals surface area (Å²) in [5.74, 6) is -0.129. The zero-order chi connectivity index (χ0) is 13.4. The number of urea groups is 1. The zero-order valence-electron chi connectivity index (χ0n) is 10.7. The second kappa shape index (κ2) is 4.66. The summed E-state index contributed by atoms with van der Waals surface area (Å²) in [4.78, 5) is 27.6. The lowest BCUT2D eigenvalue weighted by atomic mass is 10.1. The number of hydrogen-bond donors (Lipinski definition) is 1. The van der Waals surface area contributed by atoms with Gasteiger partial charge in [0.15, 0.2) is 0 Å². The fourth-order valence-corrected chi connectivity index (χ4v) is 2.46. The number of rotatable bonds is 3. The highest BCUT2D eigenvalue weighted by atomic mass is 16.2. The Morgan fingerprint density at radius 2 is 2.05 bits per heavy atom. The molecule has 0 bridgehead atoms. The second-order valence-corrected chi connectivity index (χ2v) is 5.06. The predicted octanol–water partition coefficient (Wildman–Crippen LogP) is 1.47. The molecular weight excluding hydrogens is 242 g/mol. The van der Waals surface area contributed by atoms with E-state index in [-0.39, 0.29) is 11.9 Å². The highest BCUT2D eigenvalue weighted by molar-refractivity contribution is 6.15. The highest BCUT2D eigenvalue weighted by Gasteiger charge is 2.40. The lowest BCUT2D eigenvalue weighted by Crippen LogP contribution is -2.53. The van der Waals surface area contributed by atoms with Crippen molar-refractivity contribution in [1.29, 1.82) is 0 Å². The molecule has 1 heterocycles. The number of benzene rings is 1. The lowest BCUT2D eigenvalue weighted by molar-refractivity contribution is -0.119. The molecule has 0 atom stereocenters. The standard InChI is InChI=1S/C14H17N3O2/c15-9-10-2-1-3-12(8-10)17-13(18)6-7-16(14(17)19)11-4-5-11/h1-3,8,11H,4-7,9,15H2. The minimum absolute atomic E-state index is 0.129. The maximum Gasteiger partial charge on any atom is 0.331 e. The monoisotopic (exact) mass is 259 g/mol. The molecule has 1 aromatic carbocycles. The van der Waals surface area contributed by atoms with Crippen LogP contribution < -0.4 is 10.6 Å². The molecule has 0 aromatic heterocycles. The molecule has 5 heteroatoms. The molecular formula is C14H17N3O2. The Bertz CT molecular complexity index is 525. The van der Waals surface area contributed by atoms with Crippen LogP contribution in [-0.4, -0.2) is 29.4 Å². The predicted molar refractivity (Wildman–Crippen MR) is 71.6 cm³/mol. The summed E-state index contributed by atoms with van der Waals surface area (Å²) in [7, 11) is 0. The van der Waals surface area contributed by atoms with Crippen molar-refractivity contribution in [2.45, 2.75) is 31.8 Å². The minimum Gasteiger partial charge on any atom is -0.326 e. The maximum atomic E-state index is 12.4. The van der Waals surface area contributed by atoms with Crippen LogP contribution in [0.3, 0.4) is 0 Å². The fourth-order valence-electron chi connectivity index (χ4n) is 2.46. The molecule has 5 nitrogen and oxygen atoms in total. The Labute approximate surface area is 112 Å². The van der Waals surface area contributed by atoms with Crippen LogP contribution in [0.4, 0.5) is 10.5 Å². The van der Waals surface area contributed by atoms with Gasteiger partial charge in [-0.15, -0.1) is 0 Å². The number of carbonyl (C=O) groups is 2. The number of amides is 3. The van der Waals surface area contributed by atoms with Crippen molar-refractivity contribution in [2.75, 3.05) is 11.4 Å². The number of nitrogens with two attached hydrogens (primary N) is 1. The number of imide groups is 1. The summed E-state index contributed by atoms with van der Waals surface area (Å²) >= 11 is 0. The van der Waals surface area contributed by atoms with E-state index in [1.54, 1.807) is 6.07 Å². The van der Waals surface area contributed by atoms with E-state index in [2.05, 4.69) is 0 Å². The quantitative estimate of drug-likeness (QED) is 0.893. The summed E-state index contributed by atoms with van der Waals surface area (Å²) < 4.78 is 0. The summed E-state index contributed by atoms with van der Waals surface area (Å²) in [5.41, 5.74) is 7.15. The van der Waals surface area contributed by atoms with Gasteiger partial charge in [0.2, 0.25) is 5.91 Å². The first-order chi connectivity index (χ1) is 9.20. The van der Waals surface area contributed by atoms with Crippen LogP contribution in [0.1, 0.15) is 24.8 Å². The molecule has 2 aliphatic rings. The Morgan fingerprint density at radius 1 is 1.26 bits per heavy atom. The summed E-state index contributed by atoms with van der Waals surface area (Å²) in [5, 5.41) is 0. The van der Waals surface area contributed by atoms with Gasteiger partial charge in [0, 0.05) is 25.6 Å². The van der Waals surface area contributed by atoms with Gasteiger partial charge in [-0.3, -0.25) is 4.79 Å². The van der Waals surface area contributed by atoms with Gasteiger partial charge in [-0.2, -0.15) is 0 Å². The molecule has 1 saturated carbocycles. The van der Waals surface area contributed by atoms with E-state index >= 15 is 0 Å². The zero-order valence-corrected chi connectivity index (χ0v) is 10.7. The van der Waals surface area contributed by atoms with Crippen LogP contribution in [-0.2, 0) is 11.3 Å². The Hall–Kier alpha value is -1.88. The highest BCUT2D eigenvalue weighted by Crippen LogP contribution is 2.31. The van der Waals surface area contributed by atoms with Crippen molar-refractivity contribution < 1.29 is 9.59 Å². The summed E-state index contributed by atoms with van der Waals surface area (Å²) in [6, 6.07) is 7.46. The number of anilines is 1. The van der Waals surface area contributed by atoms with Crippen LogP contribution in [0.25, 0.3) is 0 Å². The van der Waals surface area contributed by atoms with Gasteiger partial charge < -0.3 is 10.6 Å². The molecule has 19 heavy (non-hydrogen) atoms. The van der Waals surface area contributed by atoms with Gasteiger partial charge in [-0.05, 0) is 30.5 Å². The van der Waals surface area contributed by atoms with Crippen molar-refractivity contribution in [3.05, 3.63) is 29.8 Å². The van der Waals surface area contributed by atoms with E-state index in [0.29, 0.717) is 31.2 Å². The third-order valence-corrected chi connectivity index (χ3v) is 3.65. The molecule has 2 N–H and O–H groups in total. The van der Waals surface area contributed by atoms with Crippen molar-refractivity contribution in [3.63, 3.8) is 0 Å². The third-order valence-electron chi connectivity index (χ3n) is 3.65. The van der Waals surface area contributed by atoms with Gasteiger partial charge >= 0.3 is 6.03 Å². The molecule has 1 aliphatic heterocycles. The molecule has 1 aromatic rings. The summed E-state index contributed by atoms with van der Waals surface area (Å²) in [6.07, 6.45) is 2.50. The van der Waals surface area contributed by atoms with Crippen LogP contribution in [0.5, 0.6) is 0 Å². The minimum atomic E-state index is -0.187. The second-order valence-electron chi connectivity index (χ2n) is 5.06. The molecule has 0 radical (unpaired) electrons. The van der Waals surface area contributed by atoms with E-state index in [0.717, 1.165) is 18.4 Å². The van der Waals surface area contributed by atoms with Crippen LogP contribution >= 0.6 is 0 Å². The van der Waals surface area contributed by atoms with Crippen molar-refractivity contribution in [3.8, 4) is 0 Å². The molecule has 1 saturated heterocycles. The van der Waals surface area contributed by atoms with Gasteiger partial charge in [-0.1, -0.05) is 12.1 Å². The van der Waals surface area contributed by atoms with Crippen molar-refractivity contribution >= 4 is 17.6 Å². The normalized spacial score (nSPS) is 20.1. The first-order valence-corrected chi connectivity index (χ1v) is 6.63. The number of carbonyl (C=O) groups excluding carboxylic acids is 2. The van der Waals surface area contributed by atoms with E-state index in [1.165, 1.54) is 4.90 Å². The van der Waals surface area contributed by atoms with Crippen molar-refractivity contribution in [2.24, 2.45) is 5.73 Å². The maximum absolute atomic E-state index is 12.4. The largest absolute Gasteiger partial charge is 0.331 e. The van der Waals surface area contributed by atoms with Gasteiger partial charge in [0.25, 0.3) is 0 Å². The van der Waals surface area contributed by atoms with E-state index in [4.69, 9.17) is 5.73 Å². The molecule has 0 unspecified atom stereocenters. The third kappa shape index (κ3) is 2.21. The smallest absolute Gasteiger partial charge is 0.326 e. The molecule has 1 aliphatic carbocycles.